The summed E-state index contributed by atoms with van der Waals surface area (Å²) in [7, 11) is 0. The lowest BCUT2D eigenvalue weighted by molar-refractivity contribution is -0.128. The third-order valence-electron chi connectivity index (χ3n) is 2.31. The van der Waals surface area contributed by atoms with Crippen molar-refractivity contribution in [3.63, 3.8) is 0 Å². The zero-order chi connectivity index (χ0) is 11.3. The van der Waals surface area contributed by atoms with Crippen LogP contribution in [0.25, 0.3) is 0 Å². The molecule has 2 amide bonds. The molecule has 0 fully saturated rings. The molecule has 80 valence electrons. The Morgan fingerprint density at radius 2 is 1.87 bits per heavy atom. The fourth-order valence-electron chi connectivity index (χ4n) is 1.24. The highest BCUT2D eigenvalue weighted by molar-refractivity contribution is 5.87. The molecular formula is C11H14N2O2. The van der Waals surface area contributed by atoms with Crippen molar-refractivity contribution in [1.29, 1.82) is 0 Å². The summed E-state index contributed by atoms with van der Waals surface area (Å²) in [6, 6.07) is 9.39. The molecule has 0 bridgehead atoms. The fraction of sp³-hybridized carbons (Fsp3) is 0.273. The number of amides is 2. The molecule has 2 N–H and O–H groups in total. The first-order chi connectivity index (χ1) is 7.09. The molecule has 0 unspecified atom stereocenters. The summed E-state index contributed by atoms with van der Waals surface area (Å²) >= 11 is 0. The van der Waals surface area contributed by atoms with Gasteiger partial charge in [-0.2, -0.15) is 0 Å². The van der Waals surface area contributed by atoms with E-state index in [0.717, 1.165) is 5.56 Å². The molecule has 0 aromatic heterocycles. The van der Waals surface area contributed by atoms with Crippen molar-refractivity contribution in [2.24, 2.45) is 0 Å². The first-order valence-electron chi connectivity index (χ1n) is 4.64. The number of nitrogens with one attached hydrogen (secondary N) is 2. The lowest BCUT2D eigenvalue weighted by Crippen LogP contribution is -2.46. The van der Waals surface area contributed by atoms with Gasteiger partial charge in [-0.1, -0.05) is 30.3 Å². The van der Waals surface area contributed by atoms with Crippen LogP contribution < -0.4 is 10.9 Å². The Morgan fingerprint density at radius 3 is 2.40 bits per heavy atom. The van der Waals surface area contributed by atoms with Crippen molar-refractivity contribution in [1.82, 2.24) is 10.9 Å². The maximum Gasteiger partial charge on any atom is 0.248 e. The van der Waals surface area contributed by atoms with E-state index in [1.165, 1.54) is 0 Å². The SMILES string of the molecule is CC(C)(C(=O)NNC=O)c1ccccc1. The number of carbonyl (C=O) groups is 2. The van der Waals surface area contributed by atoms with E-state index in [-0.39, 0.29) is 5.91 Å². The van der Waals surface area contributed by atoms with Gasteiger partial charge in [-0.25, -0.2) is 0 Å². The predicted octanol–water partition coefficient (Wildman–Crippen LogP) is 0.741. The topological polar surface area (TPSA) is 58.2 Å². The van der Waals surface area contributed by atoms with Crippen molar-refractivity contribution in [3.8, 4) is 0 Å². The van der Waals surface area contributed by atoms with Crippen LogP contribution in [0.1, 0.15) is 19.4 Å². The Bertz CT molecular complexity index is 347. The smallest absolute Gasteiger partial charge is 0.248 e. The van der Waals surface area contributed by atoms with Gasteiger partial charge in [-0.05, 0) is 19.4 Å². The minimum atomic E-state index is -0.669. The van der Waals surface area contributed by atoms with Gasteiger partial charge >= 0.3 is 0 Å². The largest absolute Gasteiger partial charge is 0.277 e. The second-order valence-electron chi connectivity index (χ2n) is 3.71. The lowest BCUT2D eigenvalue weighted by atomic mass is 9.84. The Hall–Kier alpha value is -1.84. The first-order valence-corrected chi connectivity index (χ1v) is 4.64. The molecule has 0 spiro atoms. The second-order valence-corrected chi connectivity index (χ2v) is 3.71. The van der Waals surface area contributed by atoms with Gasteiger partial charge < -0.3 is 0 Å². The summed E-state index contributed by atoms with van der Waals surface area (Å²) in [5, 5.41) is 0. The molecule has 0 heterocycles. The molecule has 0 aliphatic carbocycles. The normalized spacial score (nSPS) is 10.5. The molecule has 0 radical (unpaired) electrons. The Labute approximate surface area is 88.6 Å². The Kier molecular flexibility index (Phi) is 3.44. The number of rotatable bonds is 4. The molecule has 15 heavy (non-hydrogen) atoms. The third kappa shape index (κ3) is 2.56. The van der Waals surface area contributed by atoms with Crippen molar-refractivity contribution < 1.29 is 9.59 Å². The minimum absolute atomic E-state index is 0.249. The Balaban J connectivity index is 2.82. The zero-order valence-corrected chi connectivity index (χ0v) is 8.78. The predicted molar refractivity (Wildman–Crippen MR) is 56.8 cm³/mol. The first kappa shape index (κ1) is 11.2. The van der Waals surface area contributed by atoms with Crippen molar-refractivity contribution in [2.75, 3.05) is 0 Å². The van der Waals surface area contributed by atoms with E-state index in [2.05, 4.69) is 10.9 Å². The highest BCUT2D eigenvalue weighted by atomic mass is 16.2. The maximum absolute atomic E-state index is 11.7. The third-order valence-corrected chi connectivity index (χ3v) is 2.31. The minimum Gasteiger partial charge on any atom is -0.277 e. The van der Waals surface area contributed by atoms with Crippen LogP contribution in [-0.4, -0.2) is 12.3 Å². The zero-order valence-electron chi connectivity index (χ0n) is 8.78. The van der Waals surface area contributed by atoms with Crippen molar-refractivity contribution in [2.45, 2.75) is 19.3 Å². The molecule has 0 saturated carbocycles. The number of carbonyl (C=O) groups excluding carboxylic acids is 2. The summed E-state index contributed by atoms with van der Waals surface area (Å²) in [6.45, 7) is 3.59. The highest BCUT2D eigenvalue weighted by Crippen LogP contribution is 2.22. The van der Waals surface area contributed by atoms with Gasteiger partial charge in [-0.3, -0.25) is 20.4 Å². The summed E-state index contributed by atoms with van der Waals surface area (Å²) in [5.41, 5.74) is 4.69. The number of hydrogen-bond acceptors (Lipinski definition) is 2. The molecule has 1 rings (SSSR count). The molecule has 0 saturated heterocycles. The fourth-order valence-corrected chi connectivity index (χ4v) is 1.24. The number of hydrazine groups is 1. The number of hydrogen-bond donors (Lipinski definition) is 2. The van der Waals surface area contributed by atoms with Crippen LogP contribution in [0.5, 0.6) is 0 Å². The van der Waals surface area contributed by atoms with Gasteiger partial charge in [0.2, 0.25) is 12.3 Å². The van der Waals surface area contributed by atoms with Gasteiger partial charge in [0.05, 0.1) is 5.41 Å². The summed E-state index contributed by atoms with van der Waals surface area (Å²) in [6.07, 6.45) is 0.430. The monoisotopic (exact) mass is 206 g/mol. The van der Waals surface area contributed by atoms with Crippen LogP contribution >= 0.6 is 0 Å². The van der Waals surface area contributed by atoms with Crippen LogP contribution in [-0.2, 0) is 15.0 Å². The molecule has 4 nitrogen and oxygen atoms in total. The van der Waals surface area contributed by atoms with Gasteiger partial charge in [-0.15, -0.1) is 0 Å². The van der Waals surface area contributed by atoms with Crippen molar-refractivity contribution >= 4 is 12.3 Å². The summed E-state index contributed by atoms with van der Waals surface area (Å²) in [5.74, 6) is -0.249. The summed E-state index contributed by atoms with van der Waals surface area (Å²) in [4.78, 5) is 21.7. The van der Waals surface area contributed by atoms with Crippen LogP contribution in [0.15, 0.2) is 30.3 Å². The maximum atomic E-state index is 11.7. The van der Waals surface area contributed by atoms with E-state index in [4.69, 9.17) is 0 Å². The van der Waals surface area contributed by atoms with E-state index >= 15 is 0 Å². The van der Waals surface area contributed by atoms with Gasteiger partial charge in [0, 0.05) is 0 Å². The van der Waals surface area contributed by atoms with Crippen molar-refractivity contribution in [3.05, 3.63) is 35.9 Å². The van der Waals surface area contributed by atoms with E-state index in [9.17, 15) is 9.59 Å². The highest BCUT2D eigenvalue weighted by Gasteiger charge is 2.29. The van der Waals surface area contributed by atoms with E-state index in [0.29, 0.717) is 6.41 Å². The van der Waals surface area contributed by atoms with Gasteiger partial charge in [0.25, 0.3) is 0 Å². The van der Waals surface area contributed by atoms with Crippen LogP contribution in [0.3, 0.4) is 0 Å². The second kappa shape index (κ2) is 4.59. The molecule has 4 heteroatoms. The van der Waals surface area contributed by atoms with Gasteiger partial charge in [0.15, 0.2) is 0 Å². The molecule has 0 atom stereocenters. The van der Waals surface area contributed by atoms with Crippen LogP contribution in [0.4, 0.5) is 0 Å². The standard InChI is InChI=1S/C11H14N2O2/c1-11(2,10(15)13-12-8-14)9-6-4-3-5-7-9/h3-8H,1-2H3,(H,12,14)(H,13,15). The molecular weight excluding hydrogens is 192 g/mol. The van der Waals surface area contributed by atoms with Crippen LogP contribution in [0.2, 0.25) is 0 Å². The Morgan fingerprint density at radius 1 is 1.27 bits per heavy atom. The van der Waals surface area contributed by atoms with Gasteiger partial charge in [0.1, 0.15) is 0 Å². The van der Waals surface area contributed by atoms with E-state index < -0.39 is 5.41 Å². The molecule has 0 aliphatic heterocycles. The lowest BCUT2D eigenvalue weighted by Gasteiger charge is -2.23. The average Bonchev–Trinajstić information content (AvgIpc) is 2.27. The van der Waals surface area contributed by atoms with Crippen LogP contribution in [0, 0.1) is 0 Å². The van der Waals surface area contributed by atoms with E-state index in [1.54, 1.807) is 13.8 Å². The molecule has 1 aromatic carbocycles. The summed E-state index contributed by atoms with van der Waals surface area (Å²) < 4.78 is 0. The quantitative estimate of drug-likeness (QED) is 0.564. The number of benzene rings is 1. The average molecular weight is 206 g/mol. The molecule has 0 aliphatic rings. The molecule has 1 aromatic rings. The van der Waals surface area contributed by atoms with E-state index in [1.807, 2.05) is 30.3 Å².